The van der Waals surface area contributed by atoms with Gasteiger partial charge >= 0.3 is 0 Å². The Morgan fingerprint density at radius 3 is 2.40 bits per heavy atom. The molecule has 1 heterocycles. The number of aryl methyl sites for hydroxylation is 1. The van der Waals surface area contributed by atoms with E-state index in [2.05, 4.69) is 20.3 Å². The van der Waals surface area contributed by atoms with Crippen molar-refractivity contribution in [2.75, 3.05) is 30.7 Å². The highest BCUT2D eigenvalue weighted by Crippen LogP contribution is 2.19. The number of nitrogens with two attached hydrogens (primary N) is 3. The summed E-state index contributed by atoms with van der Waals surface area (Å²) in [5, 5.41) is 5.50. The molecule has 14 heteroatoms. The van der Waals surface area contributed by atoms with Crippen molar-refractivity contribution in [1.82, 2.24) is 14.9 Å². The highest BCUT2D eigenvalue weighted by atomic mass is 32.2. The smallest absolute Gasteiger partial charge is 0.246 e. The molecule has 1 fully saturated rings. The fourth-order valence-corrected chi connectivity index (χ4v) is 5.21. The van der Waals surface area contributed by atoms with Crippen LogP contribution in [0, 0.1) is 6.92 Å². The van der Waals surface area contributed by atoms with E-state index in [1.165, 1.54) is 17.0 Å². The zero-order chi connectivity index (χ0) is 29.3. The average Bonchev–Trinajstić information content (AvgIpc) is 3.41. The number of benzene rings is 2. The predicted molar refractivity (Wildman–Crippen MR) is 152 cm³/mol. The van der Waals surface area contributed by atoms with Crippen LogP contribution in [0.2, 0.25) is 0 Å². The number of guanidine groups is 1. The number of anilines is 2. The van der Waals surface area contributed by atoms with Gasteiger partial charge in [0, 0.05) is 24.5 Å². The zero-order valence-electron chi connectivity index (χ0n) is 22.3. The number of likely N-dealkylation sites (tertiary alicyclic amines) is 1. The minimum Gasteiger partial charge on any atom is -0.399 e. The van der Waals surface area contributed by atoms with Crippen LogP contribution in [0.3, 0.4) is 0 Å². The molecule has 2 aromatic carbocycles. The third-order valence-corrected chi connectivity index (χ3v) is 7.79. The van der Waals surface area contributed by atoms with Gasteiger partial charge in [-0.25, -0.2) is 13.1 Å². The quantitative estimate of drug-likeness (QED) is 0.0880. The Kier molecular flexibility index (Phi) is 10.4. The Balaban J connectivity index is 1.65. The van der Waals surface area contributed by atoms with Gasteiger partial charge in [0.05, 0.1) is 11.4 Å². The van der Waals surface area contributed by atoms with E-state index in [4.69, 9.17) is 17.2 Å². The second kappa shape index (κ2) is 13.8. The topological polar surface area (TPSA) is 215 Å². The Bertz CT molecular complexity index is 1330. The van der Waals surface area contributed by atoms with Crippen molar-refractivity contribution < 1.29 is 22.8 Å². The van der Waals surface area contributed by atoms with E-state index in [1.54, 1.807) is 36.4 Å². The summed E-state index contributed by atoms with van der Waals surface area (Å²) in [6.45, 7) is 1.89. The van der Waals surface area contributed by atoms with Crippen LogP contribution in [0.15, 0.2) is 58.4 Å². The second-order valence-corrected chi connectivity index (χ2v) is 11.3. The van der Waals surface area contributed by atoms with Crippen LogP contribution in [-0.2, 0) is 24.4 Å². The van der Waals surface area contributed by atoms with Crippen LogP contribution in [0.5, 0.6) is 0 Å². The van der Waals surface area contributed by atoms with Gasteiger partial charge < -0.3 is 32.7 Å². The minimum absolute atomic E-state index is 0.0392. The fraction of sp³-hybridized carbons (Fsp3) is 0.385. The average molecular weight is 573 g/mol. The number of rotatable bonds is 12. The highest BCUT2D eigenvalue weighted by Gasteiger charge is 2.36. The molecule has 13 nitrogen and oxygen atoms in total. The Morgan fingerprint density at radius 1 is 1.07 bits per heavy atom. The van der Waals surface area contributed by atoms with E-state index in [-0.39, 0.29) is 30.4 Å². The number of sulfonamides is 1. The number of nitrogens with zero attached hydrogens (tertiary/aromatic N) is 2. The van der Waals surface area contributed by atoms with E-state index in [1.807, 2.05) is 6.92 Å². The first-order chi connectivity index (χ1) is 19.0. The molecule has 1 saturated heterocycles. The van der Waals surface area contributed by atoms with Gasteiger partial charge in [-0.15, -0.1) is 0 Å². The predicted octanol–water partition coefficient (Wildman–Crippen LogP) is 0.0236. The number of carbonyl (C=O) groups excluding carboxylic acids is 3. The second-order valence-electron chi connectivity index (χ2n) is 9.50. The van der Waals surface area contributed by atoms with E-state index >= 15 is 0 Å². The van der Waals surface area contributed by atoms with E-state index < -0.39 is 46.4 Å². The molecular formula is C26H36N8O5S. The highest BCUT2D eigenvalue weighted by molar-refractivity contribution is 7.89. The molecule has 0 aliphatic carbocycles. The number of hydrogen-bond acceptors (Lipinski definition) is 7. The van der Waals surface area contributed by atoms with Crippen molar-refractivity contribution in [3.05, 3.63) is 54.1 Å². The molecule has 0 radical (unpaired) electrons. The van der Waals surface area contributed by atoms with Crippen LogP contribution in [0.4, 0.5) is 11.4 Å². The lowest BCUT2D eigenvalue weighted by Gasteiger charge is -2.26. The first-order valence-corrected chi connectivity index (χ1v) is 14.3. The number of nitrogens with one attached hydrogen (secondary N) is 3. The summed E-state index contributed by atoms with van der Waals surface area (Å²) in [5.74, 6) is -1.58. The molecule has 2 unspecified atom stereocenters. The maximum Gasteiger partial charge on any atom is 0.246 e. The Morgan fingerprint density at radius 2 is 1.75 bits per heavy atom. The van der Waals surface area contributed by atoms with Crippen LogP contribution < -0.4 is 32.6 Å². The number of carbonyl (C=O) groups is 3. The summed E-state index contributed by atoms with van der Waals surface area (Å²) < 4.78 is 27.5. The molecule has 0 spiro atoms. The van der Waals surface area contributed by atoms with Gasteiger partial charge in [0.15, 0.2) is 5.96 Å². The van der Waals surface area contributed by atoms with Crippen LogP contribution in [-0.4, -0.2) is 68.7 Å². The first kappa shape index (κ1) is 30.4. The van der Waals surface area contributed by atoms with E-state index in [0.717, 1.165) is 5.56 Å². The SMILES string of the molecule is Cc1ccc(S(=O)(=O)NCC(=O)N2CCCC2C(=O)NC(CCCN=C(N)N)C(=O)Nc2ccc(N)cc2)cc1. The summed E-state index contributed by atoms with van der Waals surface area (Å²) in [4.78, 5) is 44.6. The van der Waals surface area contributed by atoms with Gasteiger partial charge in [-0.05, 0) is 69.0 Å². The Hall–Kier alpha value is -4.17. The molecule has 9 N–H and O–H groups in total. The summed E-state index contributed by atoms with van der Waals surface area (Å²) in [6, 6.07) is 11.0. The van der Waals surface area contributed by atoms with Gasteiger partial charge in [-0.1, -0.05) is 17.7 Å². The molecule has 40 heavy (non-hydrogen) atoms. The van der Waals surface area contributed by atoms with Crippen molar-refractivity contribution in [2.24, 2.45) is 16.5 Å². The van der Waals surface area contributed by atoms with Crippen molar-refractivity contribution >= 4 is 45.1 Å². The van der Waals surface area contributed by atoms with Crippen LogP contribution >= 0.6 is 0 Å². The largest absolute Gasteiger partial charge is 0.399 e. The summed E-state index contributed by atoms with van der Waals surface area (Å²) >= 11 is 0. The number of nitrogen functional groups attached to an aromatic ring is 1. The molecule has 0 saturated carbocycles. The summed E-state index contributed by atoms with van der Waals surface area (Å²) in [5.41, 5.74) is 18.4. The molecule has 2 atom stereocenters. The maximum atomic E-state index is 13.3. The molecule has 2 aromatic rings. The van der Waals surface area contributed by atoms with Gasteiger partial charge in [-0.3, -0.25) is 19.4 Å². The summed E-state index contributed by atoms with van der Waals surface area (Å²) in [6.07, 6.45) is 1.58. The van der Waals surface area contributed by atoms with Crippen LogP contribution in [0.25, 0.3) is 0 Å². The molecule has 0 bridgehead atoms. The third-order valence-electron chi connectivity index (χ3n) is 6.38. The molecule has 1 aliphatic rings. The van der Waals surface area contributed by atoms with Gasteiger partial charge in [0.2, 0.25) is 27.7 Å². The lowest BCUT2D eigenvalue weighted by Crippen LogP contribution is -2.53. The van der Waals surface area contributed by atoms with Gasteiger partial charge in [-0.2, -0.15) is 0 Å². The molecular weight excluding hydrogens is 536 g/mol. The molecule has 3 rings (SSSR count). The molecule has 216 valence electrons. The van der Waals surface area contributed by atoms with Gasteiger partial charge in [0.25, 0.3) is 0 Å². The third kappa shape index (κ3) is 8.68. The minimum atomic E-state index is -3.91. The van der Waals surface area contributed by atoms with Gasteiger partial charge in [0.1, 0.15) is 12.1 Å². The number of amides is 3. The normalized spacial score (nSPS) is 15.7. The Labute approximate surface area is 233 Å². The lowest BCUT2D eigenvalue weighted by molar-refractivity contribution is -0.138. The fourth-order valence-electron chi connectivity index (χ4n) is 4.23. The lowest BCUT2D eigenvalue weighted by atomic mass is 10.1. The monoisotopic (exact) mass is 572 g/mol. The maximum absolute atomic E-state index is 13.3. The van der Waals surface area contributed by atoms with E-state index in [0.29, 0.717) is 30.6 Å². The van der Waals surface area contributed by atoms with Crippen molar-refractivity contribution in [3.63, 3.8) is 0 Å². The number of aliphatic imine (C=N–C) groups is 1. The molecule has 1 aliphatic heterocycles. The standard InChI is InChI=1S/C26H36N8O5S/c1-17-6-12-20(13-7-17)40(38,39)31-16-23(35)34-15-3-5-22(34)25(37)33-21(4-2-14-30-26(28)29)24(36)32-19-10-8-18(27)9-11-19/h6-13,21-22,31H,2-5,14-16,27H2,1H3,(H,32,36)(H,33,37)(H4,28,29,30). The zero-order valence-corrected chi connectivity index (χ0v) is 23.1. The van der Waals surface area contributed by atoms with Crippen LogP contribution in [0.1, 0.15) is 31.2 Å². The summed E-state index contributed by atoms with van der Waals surface area (Å²) in [7, 11) is -3.91. The number of hydrogen-bond donors (Lipinski definition) is 6. The van der Waals surface area contributed by atoms with E-state index in [9.17, 15) is 22.8 Å². The first-order valence-electron chi connectivity index (χ1n) is 12.8. The van der Waals surface area contributed by atoms with Crippen molar-refractivity contribution in [1.29, 1.82) is 0 Å². The molecule has 0 aromatic heterocycles. The molecule has 3 amide bonds. The van der Waals surface area contributed by atoms with Crippen molar-refractivity contribution in [3.8, 4) is 0 Å². The van der Waals surface area contributed by atoms with Crippen molar-refractivity contribution in [2.45, 2.75) is 49.6 Å².